The zero-order valence-corrected chi connectivity index (χ0v) is 23.7. The Bertz CT molecular complexity index is 1410. The zero-order chi connectivity index (χ0) is 28.7. The second-order valence-corrected chi connectivity index (χ2v) is 12.1. The molecular formula is C31H36FN3O4S. The number of nitrogens with zero attached hydrogens (tertiary/aromatic N) is 2. The summed E-state index contributed by atoms with van der Waals surface area (Å²) in [7, 11) is -4.23. The van der Waals surface area contributed by atoms with Crippen LogP contribution in [-0.4, -0.2) is 43.8 Å². The summed E-state index contributed by atoms with van der Waals surface area (Å²) in [4.78, 5) is 28.7. The van der Waals surface area contributed by atoms with Gasteiger partial charge in [-0.2, -0.15) is 0 Å². The molecule has 0 bridgehead atoms. The minimum Gasteiger partial charge on any atom is -0.352 e. The minimum absolute atomic E-state index is 0.0683. The molecule has 1 saturated carbocycles. The number of hydrogen-bond donors (Lipinski definition) is 1. The lowest BCUT2D eigenvalue weighted by molar-refractivity contribution is -0.139. The fourth-order valence-electron chi connectivity index (χ4n) is 4.98. The van der Waals surface area contributed by atoms with E-state index in [1.165, 1.54) is 17.0 Å². The van der Waals surface area contributed by atoms with E-state index >= 15 is 0 Å². The molecule has 4 rings (SSSR count). The largest absolute Gasteiger partial charge is 0.352 e. The quantitative estimate of drug-likeness (QED) is 0.366. The van der Waals surface area contributed by atoms with Crippen LogP contribution in [0.1, 0.15) is 50.2 Å². The number of carbonyl (C=O) groups excluding carboxylic acids is 2. The van der Waals surface area contributed by atoms with Crippen LogP contribution in [0.3, 0.4) is 0 Å². The number of hydrogen-bond acceptors (Lipinski definition) is 4. The number of amides is 2. The average molecular weight is 566 g/mol. The molecule has 0 heterocycles. The Morgan fingerprint density at radius 2 is 1.55 bits per heavy atom. The maximum atomic E-state index is 14.0. The molecule has 1 atom stereocenters. The van der Waals surface area contributed by atoms with E-state index in [2.05, 4.69) is 5.32 Å². The van der Waals surface area contributed by atoms with E-state index in [9.17, 15) is 22.4 Å². The number of sulfonamides is 1. The Labute approximate surface area is 236 Å². The van der Waals surface area contributed by atoms with Crippen molar-refractivity contribution in [1.29, 1.82) is 0 Å². The lowest BCUT2D eigenvalue weighted by Crippen LogP contribution is -2.53. The molecule has 0 spiro atoms. The van der Waals surface area contributed by atoms with Gasteiger partial charge < -0.3 is 10.2 Å². The van der Waals surface area contributed by atoms with Crippen LogP contribution in [0.4, 0.5) is 10.1 Å². The lowest BCUT2D eigenvalue weighted by Gasteiger charge is -2.33. The molecule has 1 N–H and O–H groups in total. The van der Waals surface area contributed by atoms with Gasteiger partial charge >= 0.3 is 0 Å². The van der Waals surface area contributed by atoms with Crippen LogP contribution in [-0.2, 0) is 26.2 Å². The van der Waals surface area contributed by atoms with Crippen molar-refractivity contribution >= 4 is 27.5 Å². The number of benzene rings is 3. The van der Waals surface area contributed by atoms with Gasteiger partial charge in [0, 0.05) is 12.6 Å². The van der Waals surface area contributed by atoms with Crippen molar-refractivity contribution in [1.82, 2.24) is 10.2 Å². The van der Waals surface area contributed by atoms with Gasteiger partial charge in [-0.05, 0) is 74.2 Å². The van der Waals surface area contributed by atoms with Gasteiger partial charge in [0.2, 0.25) is 11.8 Å². The molecule has 0 aromatic heterocycles. The highest BCUT2D eigenvalue weighted by Gasteiger charge is 2.33. The molecular weight excluding hydrogens is 529 g/mol. The predicted octanol–water partition coefficient (Wildman–Crippen LogP) is 5.20. The standard InChI is InChI=1S/C31H36FN3O4S/c1-23-11-9-10-12-25(23)21-34(24(2)31(37)33-27-13-5-3-6-14-27)30(36)22-35(28-15-7-4-8-16-28)40(38,39)29-19-17-26(32)18-20-29/h4,7-12,15-20,24,27H,3,5-6,13-14,21-22H2,1-2H3,(H,33,37). The first-order chi connectivity index (χ1) is 19.2. The molecule has 0 aliphatic heterocycles. The van der Waals surface area contributed by atoms with Crippen LogP contribution in [0.25, 0.3) is 0 Å². The first kappa shape index (κ1) is 29.3. The number of halogens is 1. The maximum absolute atomic E-state index is 14.0. The monoisotopic (exact) mass is 565 g/mol. The van der Waals surface area contributed by atoms with E-state index in [0.29, 0.717) is 0 Å². The van der Waals surface area contributed by atoms with Crippen molar-refractivity contribution in [3.63, 3.8) is 0 Å². The summed E-state index contributed by atoms with van der Waals surface area (Å²) < 4.78 is 42.1. The Morgan fingerprint density at radius 1 is 0.925 bits per heavy atom. The average Bonchev–Trinajstić information content (AvgIpc) is 2.96. The van der Waals surface area contributed by atoms with Gasteiger partial charge in [0.05, 0.1) is 10.6 Å². The molecule has 40 heavy (non-hydrogen) atoms. The van der Waals surface area contributed by atoms with Crippen molar-refractivity contribution in [3.05, 3.63) is 95.8 Å². The number of carbonyl (C=O) groups is 2. The molecule has 212 valence electrons. The summed E-state index contributed by atoms with van der Waals surface area (Å²) >= 11 is 0. The summed E-state index contributed by atoms with van der Waals surface area (Å²) in [6.45, 7) is 3.22. The Balaban J connectivity index is 1.66. The highest BCUT2D eigenvalue weighted by atomic mass is 32.2. The van der Waals surface area contributed by atoms with Crippen LogP contribution >= 0.6 is 0 Å². The van der Waals surface area contributed by atoms with E-state index in [1.807, 2.05) is 31.2 Å². The van der Waals surface area contributed by atoms with Gasteiger partial charge in [0.15, 0.2) is 0 Å². The molecule has 2 amide bonds. The van der Waals surface area contributed by atoms with Gasteiger partial charge in [-0.25, -0.2) is 12.8 Å². The van der Waals surface area contributed by atoms with E-state index in [-0.39, 0.29) is 29.1 Å². The SMILES string of the molecule is Cc1ccccc1CN(C(=O)CN(c1ccccc1)S(=O)(=O)c1ccc(F)cc1)C(C)C(=O)NC1CCCCC1. The number of para-hydroxylation sites is 1. The molecule has 9 heteroatoms. The third-order valence-electron chi connectivity index (χ3n) is 7.45. The number of aryl methyl sites for hydroxylation is 1. The third kappa shape index (κ3) is 7.07. The van der Waals surface area contributed by atoms with Crippen molar-refractivity contribution in [3.8, 4) is 0 Å². The van der Waals surface area contributed by atoms with Gasteiger partial charge in [-0.1, -0.05) is 61.7 Å². The first-order valence-corrected chi connectivity index (χ1v) is 15.1. The van der Waals surface area contributed by atoms with E-state index < -0.39 is 34.3 Å². The summed E-state index contributed by atoms with van der Waals surface area (Å²) in [5, 5.41) is 3.10. The molecule has 3 aromatic rings. The van der Waals surface area contributed by atoms with Crippen LogP contribution in [0.2, 0.25) is 0 Å². The van der Waals surface area contributed by atoms with E-state index in [4.69, 9.17) is 0 Å². The maximum Gasteiger partial charge on any atom is 0.264 e. The van der Waals surface area contributed by atoms with Crippen LogP contribution < -0.4 is 9.62 Å². The third-order valence-corrected chi connectivity index (χ3v) is 9.23. The van der Waals surface area contributed by atoms with Gasteiger partial charge in [0.1, 0.15) is 18.4 Å². The van der Waals surface area contributed by atoms with Crippen molar-refractivity contribution in [2.45, 2.75) is 69.5 Å². The van der Waals surface area contributed by atoms with Gasteiger partial charge in [-0.15, -0.1) is 0 Å². The highest BCUT2D eigenvalue weighted by Crippen LogP contribution is 2.25. The summed E-state index contributed by atoms with van der Waals surface area (Å²) in [6, 6.07) is 19.6. The second-order valence-electron chi connectivity index (χ2n) is 10.3. The number of rotatable bonds is 10. The summed E-state index contributed by atoms with van der Waals surface area (Å²) in [5.41, 5.74) is 2.11. The highest BCUT2D eigenvalue weighted by molar-refractivity contribution is 7.92. The molecule has 1 fully saturated rings. The van der Waals surface area contributed by atoms with Crippen molar-refractivity contribution in [2.24, 2.45) is 0 Å². The Kier molecular flexibility index (Phi) is 9.58. The normalized spacial score (nSPS) is 14.8. The fraction of sp³-hybridized carbons (Fsp3) is 0.355. The van der Waals surface area contributed by atoms with Gasteiger partial charge in [0.25, 0.3) is 10.0 Å². The van der Waals surface area contributed by atoms with Crippen LogP contribution in [0.15, 0.2) is 83.8 Å². The lowest BCUT2D eigenvalue weighted by atomic mass is 9.95. The number of nitrogens with one attached hydrogen (secondary N) is 1. The molecule has 0 radical (unpaired) electrons. The fourth-order valence-corrected chi connectivity index (χ4v) is 6.39. The molecule has 0 saturated heterocycles. The molecule has 1 aliphatic carbocycles. The Hall–Kier alpha value is -3.72. The zero-order valence-electron chi connectivity index (χ0n) is 22.9. The number of anilines is 1. The first-order valence-electron chi connectivity index (χ1n) is 13.6. The topological polar surface area (TPSA) is 86.8 Å². The second kappa shape index (κ2) is 13.1. The molecule has 1 aliphatic rings. The van der Waals surface area contributed by atoms with Crippen molar-refractivity contribution in [2.75, 3.05) is 10.8 Å². The predicted molar refractivity (Wildman–Crippen MR) is 154 cm³/mol. The molecule has 1 unspecified atom stereocenters. The molecule has 3 aromatic carbocycles. The molecule has 7 nitrogen and oxygen atoms in total. The van der Waals surface area contributed by atoms with Gasteiger partial charge in [-0.3, -0.25) is 13.9 Å². The van der Waals surface area contributed by atoms with Crippen LogP contribution in [0, 0.1) is 12.7 Å². The van der Waals surface area contributed by atoms with E-state index in [0.717, 1.165) is 59.7 Å². The van der Waals surface area contributed by atoms with Crippen molar-refractivity contribution < 1.29 is 22.4 Å². The summed E-state index contributed by atoms with van der Waals surface area (Å²) in [5.74, 6) is -1.35. The summed E-state index contributed by atoms with van der Waals surface area (Å²) in [6.07, 6.45) is 5.07. The Morgan fingerprint density at radius 3 is 2.20 bits per heavy atom. The smallest absolute Gasteiger partial charge is 0.264 e. The van der Waals surface area contributed by atoms with Crippen LogP contribution in [0.5, 0.6) is 0 Å². The minimum atomic E-state index is -4.23. The van der Waals surface area contributed by atoms with E-state index in [1.54, 1.807) is 37.3 Å².